The third-order valence-corrected chi connectivity index (χ3v) is 4.99. The number of hydrogen-bond acceptors (Lipinski definition) is 7. The molecule has 10 heteroatoms. The Kier molecular flexibility index (Phi) is 5.65. The molecule has 1 aromatic heterocycles. The molecule has 0 spiro atoms. The van der Waals surface area contributed by atoms with E-state index in [1.807, 2.05) is 0 Å². The van der Waals surface area contributed by atoms with Gasteiger partial charge in [-0.2, -0.15) is 0 Å². The van der Waals surface area contributed by atoms with Gasteiger partial charge in [-0.3, -0.25) is 4.79 Å². The predicted octanol–water partition coefficient (Wildman–Crippen LogP) is 1.23. The van der Waals surface area contributed by atoms with Gasteiger partial charge in [0, 0.05) is 6.07 Å². The van der Waals surface area contributed by atoms with Crippen LogP contribution < -0.4 is 19.5 Å². The van der Waals surface area contributed by atoms with E-state index in [0.29, 0.717) is 17.2 Å². The number of nitrogens with one attached hydrogen (secondary N) is 2. The van der Waals surface area contributed by atoms with Gasteiger partial charge in [-0.1, -0.05) is 5.16 Å². The Labute approximate surface area is 145 Å². The number of sulfonamides is 1. The fourth-order valence-electron chi connectivity index (χ4n) is 2.19. The third-order valence-electron chi connectivity index (χ3n) is 3.34. The van der Waals surface area contributed by atoms with E-state index in [4.69, 9.17) is 14.0 Å². The van der Waals surface area contributed by atoms with Gasteiger partial charge in [0.15, 0.2) is 5.76 Å². The maximum atomic E-state index is 12.3. The second-order valence-corrected chi connectivity index (χ2v) is 6.80. The number of benzene rings is 1. The Balaban J connectivity index is 2.06. The Hall–Kier alpha value is -2.59. The molecule has 0 bridgehead atoms. The molecule has 0 aliphatic rings. The molecule has 1 amide bonds. The number of ether oxygens (including phenoxy) is 2. The van der Waals surface area contributed by atoms with Gasteiger partial charge in [-0.05, 0) is 26.0 Å². The van der Waals surface area contributed by atoms with Crippen molar-refractivity contribution < 1.29 is 27.2 Å². The van der Waals surface area contributed by atoms with Crippen LogP contribution in [0.5, 0.6) is 11.5 Å². The van der Waals surface area contributed by atoms with Crippen molar-refractivity contribution in [3.63, 3.8) is 0 Å². The lowest BCUT2D eigenvalue weighted by Gasteiger charge is -2.12. The van der Waals surface area contributed by atoms with Crippen molar-refractivity contribution in [2.45, 2.75) is 18.7 Å². The first kappa shape index (κ1) is 18.7. The molecule has 2 N–H and O–H groups in total. The second kappa shape index (κ2) is 7.53. The number of nitrogens with zero attached hydrogens (tertiary/aromatic N) is 1. The van der Waals surface area contributed by atoms with Crippen molar-refractivity contribution in [3.05, 3.63) is 29.7 Å². The van der Waals surface area contributed by atoms with Crippen molar-refractivity contribution in [1.29, 1.82) is 0 Å². The highest BCUT2D eigenvalue weighted by Gasteiger charge is 2.24. The van der Waals surface area contributed by atoms with Crippen molar-refractivity contribution in [2.75, 3.05) is 26.1 Å². The van der Waals surface area contributed by atoms with E-state index in [0.717, 1.165) is 0 Å². The normalized spacial score (nSPS) is 11.2. The summed E-state index contributed by atoms with van der Waals surface area (Å²) in [4.78, 5) is 12.0. The summed E-state index contributed by atoms with van der Waals surface area (Å²) in [6.45, 7) is 2.53. The minimum atomic E-state index is -3.91. The summed E-state index contributed by atoms with van der Waals surface area (Å²) < 4.78 is 41.8. The standard InChI is InChI=1S/C15H19N3O6S/c1-9-15(10(2)24-18-9)25(20,21)16-8-14(19)17-12-6-5-11(22-3)7-13(12)23-4/h5-7,16H,8H2,1-4H3,(H,17,19). The van der Waals surface area contributed by atoms with Gasteiger partial charge >= 0.3 is 0 Å². The van der Waals surface area contributed by atoms with Crippen LogP contribution in [0.1, 0.15) is 11.5 Å². The largest absolute Gasteiger partial charge is 0.497 e. The number of anilines is 1. The molecule has 0 unspecified atom stereocenters. The number of aromatic nitrogens is 1. The Morgan fingerprint density at radius 2 is 1.96 bits per heavy atom. The summed E-state index contributed by atoms with van der Waals surface area (Å²) in [5, 5.41) is 6.17. The molecule has 1 aromatic carbocycles. The summed E-state index contributed by atoms with van der Waals surface area (Å²) in [7, 11) is -0.951. The van der Waals surface area contributed by atoms with Crippen LogP contribution in [0.15, 0.2) is 27.6 Å². The Morgan fingerprint density at radius 3 is 2.52 bits per heavy atom. The van der Waals surface area contributed by atoms with Gasteiger partial charge in [-0.15, -0.1) is 0 Å². The van der Waals surface area contributed by atoms with Crippen LogP contribution in [0.3, 0.4) is 0 Å². The summed E-state index contributed by atoms with van der Waals surface area (Å²) >= 11 is 0. The van der Waals surface area contributed by atoms with E-state index >= 15 is 0 Å². The van der Waals surface area contributed by atoms with E-state index in [9.17, 15) is 13.2 Å². The van der Waals surface area contributed by atoms with Crippen LogP contribution in [-0.4, -0.2) is 40.2 Å². The fourth-order valence-corrected chi connectivity index (χ4v) is 3.49. The zero-order chi connectivity index (χ0) is 18.6. The summed E-state index contributed by atoms with van der Waals surface area (Å²) in [5.41, 5.74) is 0.618. The lowest BCUT2D eigenvalue weighted by Crippen LogP contribution is -2.33. The van der Waals surface area contributed by atoms with E-state index in [1.54, 1.807) is 18.2 Å². The number of carbonyl (C=O) groups is 1. The molecule has 136 valence electrons. The third kappa shape index (κ3) is 4.28. The lowest BCUT2D eigenvalue weighted by molar-refractivity contribution is -0.115. The van der Waals surface area contributed by atoms with Crippen LogP contribution in [0.4, 0.5) is 5.69 Å². The topological polar surface area (TPSA) is 120 Å². The number of amides is 1. The lowest BCUT2D eigenvalue weighted by atomic mass is 10.2. The number of carbonyl (C=O) groups excluding carboxylic acids is 1. The molecule has 2 rings (SSSR count). The van der Waals surface area contributed by atoms with Gasteiger partial charge in [-0.25, -0.2) is 13.1 Å². The first-order valence-corrected chi connectivity index (χ1v) is 8.71. The van der Waals surface area contributed by atoms with Gasteiger partial charge in [0.25, 0.3) is 0 Å². The van der Waals surface area contributed by atoms with Crippen molar-refractivity contribution in [1.82, 2.24) is 9.88 Å². The van der Waals surface area contributed by atoms with Crippen LogP contribution in [0.2, 0.25) is 0 Å². The number of aryl methyl sites for hydroxylation is 2. The minimum Gasteiger partial charge on any atom is -0.497 e. The van der Waals surface area contributed by atoms with Gasteiger partial charge in [0.1, 0.15) is 22.1 Å². The molecule has 0 aliphatic carbocycles. The molecule has 0 radical (unpaired) electrons. The molecule has 1 heterocycles. The summed E-state index contributed by atoms with van der Waals surface area (Å²) in [6.07, 6.45) is 0. The summed E-state index contributed by atoms with van der Waals surface area (Å²) in [6, 6.07) is 4.84. The quantitative estimate of drug-likeness (QED) is 0.753. The monoisotopic (exact) mass is 369 g/mol. The molecular formula is C15H19N3O6S. The molecular weight excluding hydrogens is 350 g/mol. The molecule has 0 aliphatic heterocycles. The maximum absolute atomic E-state index is 12.3. The maximum Gasteiger partial charge on any atom is 0.246 e. The number of methoxy groups -OCH3 is 2. The van der Waals surface area contributed by atoms with Crippen LogP contribution in [0, 0.1) is 13.8 Å². The molecule has 0 saturated heterocycles. The molecule has 9 nitrogen and oxygen atoms in total. The van der Waals surface area contributed by atoms with E-state index in [2.05, 4.69) is 15.2 Å². The first-order valence-electron chi connectivity index (χ1n) is 7.23. The molecule has 2 aromatic rings. The highest BCUT2D eigenvalue weighted by atomic mass is 32.2. The van der Waals surface area contributed by atoms with Crippen molar-refractivity contribution >= 4 is 21.6 Å². The van der Waals surface area contributed by atoms with E-state index < -0.39 is 22.5 Å². The van der Waals surface area contributed by atoms with Crippen LogP contribution in [-0.2, 0) is 14.8 Å². The zero-order valence-corrected chi connectivity index (χ0v) is 15.1. The SMILES string of the molecule is COc1ccc(NC(=O)CNS(=O)(=O)c2c(C)noc2C)c(OC)c1. The van der Waals surface area contributed by atoms with E-state index in [-0.39, 0.29) is 16.3 Å². The van der Waals surface area contributed by atoms with Gasteiger partial charge in [0.2, 0.25) is 15.9 Å². The second-order valence-electron chi connectivity index (χ2n) is 5.09. The minimum absolute atomic E-state index is 0.0673. The number of rotatable bonds is 7. The molecule has 0 saturated carbocycles. The Bertz CT molecular complexity index is 856. The fraction of sp³-hybridized carbons (Fsp3) is 0.333. The smallest absolute Gasteiger partial charge is 0.246 e. The van der Waals surface area contributed by atoms with Gasteiger partial charge < -0.3 is 19.3 Å². The molecule has 0 fully saturated rings. The highest BCUT2D eigenvalue weighted by molar-refractivity contribution is 7.89. The summed E-state index contributed by atoms with van der Waals surface area (Å²) in [5.74, 6) is 0.552. The average Bonchev–Trinajstić information content (AvgIpc) is 2.93. The Morgan fingerprint density at radius 1 is 1.24 bits per heavy atom. The molecule has 25 heavy (non-hydrogen) atoms. The van der Waals surface area contributed by atoms with Crippen molar-refractivity contribution in [2.24, 2.45) is 0 Å². The first-order chi connectivity index (χ1) is 11.8. The van der Waals surface area contributed by atoms with Crippen molar-refractivity contribution in [3.8, 4) is 11.5 Å². The predicted molar refractivity (Wildman–Crippen MR) is 89.3 cm³/mol. The van der Waals surface area contributed by atoms with Gasteiger partial charge in [0.05, 0.1) is 26.5 Å². The number of hydrogen-bond donors (Lipinski definition) is 2. The van der Waals surface area contributed by atoms with Crippen LogP contribution >= 0.6 is 0 Å². The zero-order valence-electron chi connectivity index (χ0n) is 14.2. The average molecular weight is 369 g/mol. The molecule has 0 atom stereocenters. The van der Waals surface area contributed by atoms with Crippen LogP contribution in [0.25, 0.3) is 0 Å². The highest BCUT2D eigenvalue weighted by Crippen LogP contribution is 2.28. The van der Waals surface area contributed by atoms with E-state index in [1.165, 1.54) is 28.1 Å².